The van der Waals surface area contributed by atoms with Crippen LogP contribution < -0.4 is 10.1 Å². The van der Waals surface area contributed by atoms with Crippen molar-refractivity contribution in [3.8, 4) is 11.4 Å². The number of nitrogens with zero attached hydrogens (tertiary/aromatic N) is 3. The maximum Gasteiger partial charge on any atom is 0.418 e. The molecule has 0 bridgehead atoms. The van der Waals surface area contributed by atoms with Gasteiger partial charge in [-0.3, -0.25) is 4.79 Å². The van der Waals surface area contributed by atoms with Crippen LogP contribution in [0.4, 0.5) is 23.7 Å². The average molecular weight is 545 g/mol. The summed E-state index contributed by atoms with van der Waals surface area (Å²) in [5.74, 6) is -0.247. The molecule has 4 rings (SSSR count). The Hall–Kier alpha value is -4.02. The van der Waals surface area contributed by atoms with Gasteiger partial charge in [0.2, 0.25) is 0 Å². The second kappa shape index (κ2) is 11.0. The summed E-state index contributed by atoms with van der Waals surface area (Å²) in [6.07, 6.45) is -2.65. The highest BCUT2D eigenvalue weighted by molar-refractivity contribution is 6.05. The van der Waals surface area contributed by atoms with E-state index >= 15 is 0 Å². The molecular formula is C28H31F3N4O4. The number of likely N-dealkylation sites (tertiary alicyclic amines) is 1. The minimum Gasteiger partial charge on any atom is -0.497 e. The minimum atomic E-state index is -4.63. The zero-order valence-electron chi connectivity index (χ0n) is 22.2. The van der Waals surface area contributed by atoms with E-state index in [1.807, 2.05) is 0 Å². The lowest BCUT2D eigenvalue weighted by Gasteiger charge is -2.34. The SMILES string of the molecule is COc1ccc(-n2ncc(C(=O)Nc3ccccc3C(F)(F)F)c2C2CCN(C(=O)OC(C)(C)C)CC2)cc1. The Labute approximate surface area is 224 Å². The predicted octanol–water partition coefficient (Wildman–Crippen LogP) is 6.27. The molecule has 0 aliphatic carbocycles. The number of piperidine rings is 1. The third-order valence-corrected chi connectivity index (χ3v) is 6.38. The summed E-state index contributed by atoms with van der Waals surface area (Å²) < 4.78 is 53.0. The lowest BCUT2D eigenvalue weighted by atomic mass is 9.90. The van der Waals surface area contributed by atoms with Crippen molar-refractivity contribution in [2.24, 2.45) is 0 Å². The van der Waals surface area contributed by atoms with Gasteiger partial charge in [0.15, 0.2) is 0 Å². The zero-order valence-corrected chi connectivity index (χ0v) is 22.2. The van der Waals surface area contributed by atoms with Gasteiger partial charge in [-0.25, -0.2) is 9.48 Å². The minimum absolute atomic E-state index is 0.165. The van der Waals surface area contributed by atoms with Crippen LogP contribution in [0.5, 0.6) is 5.75 Å². The number of nitrogens with one attached hydrogen (secondary N) is 1. The van der Waals surface area contributed by atoms with E-state index in [1.54, 1.807) is 61.7 Å². The fraction of sp³-hybridized carbons (Fsp3) is 0.393. The van der Waals surface area contributed by atoms with Crippen LogP contribution in [0.2, 0.25) is 0 Å². The van der Waals surface area contributed by atoms with Crippen molar-refractivity contribution in [1.82, 2.24) is 14.7 Å². The van der Waals surface area contributed by atoms with E-state index in [-0.39, 0.29) is 17.2 Å². The van der Waals surface area contributed by atoms with Crippen LogP contribution in [-0.4, -0.2) is 52.5 Å². The molecule has 0 radical (unpaired) electrons. The van der Waals surface area contributed by atoms with E-state index in [2.05, 4.69) is 10.4 Å². The summed E-state index contributed by atoms with van der Waals surface area (Å²) in [4.78, 5) is 27.6. The molecule has 2 amide bonds. The van der Waals surface area contributed by atoms with Crippen LogP contribution in [0, 0.1) is 0 Å². The number of aromatic nitrogens is 2. The molecular weight excluding hydrogens is 513 g/mol. The highest BCUT2D eigenvalue weighted by Crippen LogP contribution is 2.36. The number of amides is 2. The Balaban J connectivity index is 1.65. The molecule has 39 heavy (non-hydrogen) atoms. The van der Waals surface area contributed by atoms with E-state index in [0.717, 1.165) is 6.07 Å². The maximum absolute atomic E-state index is 13.5. The molecule has 8 nitrogen and oxygen atoms in total. The first-order valence-electron chi connectivity index (χ1n) is 12.5. The van der Waals surface area contributed by atoms with Crippen LogP contribution in [0.3, 0.4) is 0 Å². The van der Waals surface area contributed by atoms with Gasteiger partial charge in [-0.15, -0.1) is 0 Å². The standard InChI is InChI=1S/C28H31F3N4O4/c1-27(2,3)39-26(37)34-15-13-18(14-16-34)24-21(17-32-35(24)19-9-11-20(38-4)12-10-19)25(36)33-23-8-6-5-7-22(23)28(29,30)31/h5-12,17-18H,13-16H2,1-4H3,(H,33,36). The second-order valence-corrected chi connectivity index (χ2v) is 10.3. The van der Waals surface area contributed by atoms with Gasteiger partial charge in [-0.1, -0.05) is 12.1 Å². The van der Waals surface area contributed by atoms with Crippen LogP contribution in [0.15, 0.2) is 54.7 Å². The van der Waals surface area contributed by atoms with E-state index in [4.69, 9.17) is 9.47 Å². The third-order valence-electron chi connectivity index (χ3n) is 6.38. The lowest BCUT2D eigenvalue weighted by molar-refractivity contribution is -0.136. The highest BCUT2D eigenvalue weighted by Gasteiger charge is 2.35. The third kappa shape index (κ3) is 6.52. The summed E-state index contributed by atoms with van der Waals surface area (Å²) in [5, 5.41) is 6.87. The summed E-state index contributed by atoms with van der Waals surface area (Å²) in [6.45, 7) is 6.18. The predicted molar refractivity (Wildman–Crippen MR) is 139 cm³/mol. The molecule has 0 unspecified atom stereocenters. The molecule has 1 aliphatic rings. The molecule has 0 spiro atoms. The highest BCUT2D eigenvalue weighted by atomic mass is 19.4. The van der Waals surface area contributed by atoms with Crippen molar-refractivity contribution in [1.29, 1.82) is 0 Å². The van der Waals surface area contributed by atoms with E-state index in [9.17, 15) is 22.8 Å². The van der Waals surface area contributed by atoms with Gasteiger partial charge in [0.05, 0.1) is 41.5 Å². The van der Waals surface area contributed by atoms with Crippen LogP contribution in [0.1, 0.15) is 61.1 Å². The van der Waals surface area contributed by atoms with Crippen LogP contribution in [-0.2, 0) is 10.9 Å². The Morgan fingerprint density at radius 2 is 1.64 bits per heavy atom. The summed E-state index contributed by atoms with van der Waals surface area (Å²) in [7, 11) is 1.55. The molecule has 1 aliphatic heterocycles. The number of alkyl halides is 3. The number of carbonyl (C=O) groups excluding carboxylic acids is 2. The number of benzene rings is 2. The smallest absolute Gasteiger partial charge is 0.418 e. The van der Waals surface area contributed by atoms with E-state index in [0.29, 0.717) is 43.1 Å². The number of anilines is 1. The number of carbonyl (C=O) groups is 2. The first kappa shape index (κ1) is 28.0. The molecule has 1 fully saturated rings. The van der Waals surface area contributed by atoms with Gasteiger partial charge in [-0.2, -0.15) is 18.3 Å². The molecule has 3 aromatic rings. The van der Waals surface area contributed by atoms with Gasteiger partial charge in [0.25, 0.3) is 5.91 Å². The number of halogens is 3. The first-order chi connectivity index (χ1) is 18.4. The van der Waals surface area contributed by atoms with Gasteiger partial charge >= 0.3 is 12.3 Å². The Morgan fingerprint density at radius 3 is 2.23 bits per heavy atom. The van der Waals surface area contributed by atoms with E-state index in [1.165, 1.54) is 24.4 Å². The van der Waals surface area contributed by atoms with Crippen molar-refractivity contribution in [2.75, 3.05) is 25.5 Å². The van der Waals surface area contributed by atoms with Gasteiger partial charge in [0, 0.05) is 19.0 Å². The summed E-state index contributed by atoms with van der Waals surface area (Å²) >= 11 is 0. The van der Waals surface area contributed by atoms with Crippen molar-refractivity contribution in [3.63, 3.8) is 0 Å². The molecule has 0 saturated carbocycles. The number of rotatable bonds is 5. The summed E-state index contributed by atoms with van der Waals surface area (Å²) in [6, 6.07) is 11.9. The van der Waals surface area contributed by atoms with Crippen molar-refractivity contribution < 1.29 is 32.2 Å². The molecule has 0 atom stereocenters. The molecule has 11 heteroatoms. The van der Waals surface area contributed by atoms with Gasteiger partial charge in [-0.05, 0) is 70.0 Å². The number of ether oxygens (including phenoxy) is 2. The van der Waals surface area contributed by atoms with Crippen LogP contribution in [0.25, 0.3) is 5.69 Å². The van der Waals surface area contributed by atoms with Crippen molar-refractivity contribution in [3.05, 3.63) is 71.5 Å². The molecule has 2 heterocycles. The molecule has 1 aromatic heterocycles. The quantitative estimate of drug-likeness (QED) is 0.410. The first-order valence-corrected chi connectivity index (χ1v) is 12.5. The Morgan fingerprint density at radius 1 is 1.00 bits per heavy atom. The number of methoxy groups -OCH3 is 1. The Kier molecular flexibility index (Phi) is 7.89. The number of hydrogen-bond donors (Lipinski definition) is 1. The fourth-order valence-corrected chi connectivity index (χ4v) is 4.55. The monoisotopic (exact) mass is 544 g/mol. The maximum atomic E-state index is 13.5. The normalized spacial score (nSPS) is 14.7. The Bertz CT molecular complexity index is 1320. The van der Waals surface area contributed by atoms with Gasteiger partial charge in [0.1, 0.15) is 11.4 Å². The van der Waals surface area contributed by atoms with Gasteiger partial charge < -0.3 is 19.7 Å². The average Bonchev–Trinajstić information content (AvgIpc) is 3.33. The lowest BCUT2D eigenvalue weighted by Crippen LogP contribution is -2.41. The van der Waals surface area contributed by atoms with E-state index < -0.39 is 29.3 Å². The molecule has 208 valence electrons. The largest absolute Gasteiger partial charge is 0.497 e. The second-order valence-electron chi connectivity index (χ2n) is 10.3. The van der Waals surface area contributed by atoms with Crippen LogP contribution >= 0.6 is 0 Å². The zero-order chi connectivity index (χ0) is 28.4. The topological polar surface area (TPSA) is 85.7 Å². The summed E-state index contributed by atoms with van der Waals surface area (Å²) in [5.41, 5.74) is -0.510. The molecule has 2 aromatic carbocycles. The fourth-order valence-electron chi connectivity index (χ4n) is 4.55. The molecule has 1 N–H and O–H groups in total. The molecule has 1 saturated heterocycles. The number of hydrogen-bond acceptors (Lipinski definition) is 5. The van der Waals surface area contributed by atoms with Crippen molar-refractivity contribution >= 4 is 17.7 Å². The van der Waals surface area contributed by atoms with Crippen molar-refractivity contribution in [2.45, 2.75) is 51.3 Å². The number of para-hydroxylation sites is 1.